The highest BCUT2D eigenvalue weighted by atomic mass is 32.2. The van der Waals surface area contributed by atoms with Gasteiger partial charge < -0.3 is 9.84 Å². The minimum Gasteiger partial charge on any atom is -0.493 e. The van der Waals surface area contributed by atoms with Crippen molar-refractivity contribution in [1.82, 2.24) is 9.78 Å². The van der Waals surface area contributed by atoms with E-state index in [1.54, 1.807) is 45.2 Å². The SMILES string of the molecule is CCn1nccc1C[C@H]1COc2cc(-c3ccccc3C(=O)CS(=O)(=O)C(C)(C)C)ccc2[C@@H]1O. The Kier molecular flexibility index (Phi) is 6.88. The zero-order chi connectivity index (χ0) is 25.4. The van der Waals surface area contributed by atoms with Gasteiger partial charge in [0.25, 0.3) is 0 Å². The van der Waals surface area contributed by atoms with Crippen molar-refractivity contribution in [1.29, 1.82) is 0 Å². The minimum absolute atomic E-state index is 0.105. The van der Waals surface area contributed by atoms with Crippen LogP contribution in [0.5, 0.6) is 5.75 Å². The maximum Gasteiger partial charge on any atom is 0.178 e. The van der Waals surface area contributed by atoms with Crippen molar-refractivity contribution in [3.05, 3.63) is 71.5 Å². The second-order valence-corrected chi connectivity index (χ2v) is 12.7. The van der Waals surface area contributed by atoms with Crippen LogP contribution >= 0.6 is 0 Å². The predicted molar refractivity (Wildman–Crippen MR) is 135 cm³/mol. The number of aryl methyl sites for hydroxylation is 1. The molecule has 2 atom stereocenters. The predicted octanol–water partition coefficient (Wildman–Crippen LogP) is 4.25. The molecule has 0 saturated carbocycles. The quantitative estimate of drug-likeness (QED) is 0.491. The normalized spacial score (nSPS) is 18.1. The molecular formula is C27H32N2O5S. The summed E-state index contributed by atoms with van der Waals surface area (Å²) in [6, 6.07) is 14.4. The van der Waals surface area contributed by atoms with Crippen LogP contribution in [-0.2, 0) is 22.8 Å². The Bertz CT molecular complexity index is 1340. The first-order valence-electron chi connectivity index (χ1n) is 11.8. The molecule has 2 heterocycles. The number of rotatable bonds is 7. The van der Waals surface area contributed by atoms with E-state index in [0.717, 1.165) is 17.8 Å². The summed E-state index contributed by atoms with van der Waals surface area (Å²) in [5.41, 5.74) is 3.47. The van der Waals surface area contributed by atoms with Gasteiger partial charge in [-0.3, -0.25) is 9.48 Å². The minimum atomic E-state index is -3.61. The molecule has 0 fully saturated rings. The van der Waals surface area contributed by atoms with Gasteiger partial charge in [0.1, 0.15) is 11.5 Å². The summed E-state index contributed by atoms with van der Waals surface area (Å²) in [7, 11) is -3.61. The summed E-state index contributed by atoms with van der Waals surface area (Å²) in [6.45, 7) is 7.94. The summed E-state index contributed by atoms with van der Waals surface area (Å²) < 4.78 is 32.2. The van der Waals surface area contributed by atoms with Gasteiger partial charge in [-0.05, 0) is 57.4 Å². The van der Waals surface area contributed by atoms with E-state index in [-0.39, 0.29) is 5.92 Å². The lowest BCUT2D eigenvalue weighted by Crippen LogP contribution is -2.33. The zero-order valence-corrected chi connectivity index (χ0v) is 21.4. The fourth-order valence-corrected chi connectivity index (χ4v) is 5.25. The number of aliphatic hydroxyl groups is 1. The van der Waals surface area contributed by atoms with Gasteiger partial charge in [-0.15, -0.1) is 0 Å². The third-order valence-corrected chi connectivity index (χ3v) is 9.11. The molecule has 0 spiro atoms. The molecule has 35 heavy (non-hydrogen) atoms. The van der Waals surface area contributed by atoms with Crippen molar-refractivity contribution >= 4 is 15.6 Å². The standard InChI is InChI=1S/C27H32N2O5S/c1-5-29-20(12-13-28-29)14-19-16-34-25-15-18(10-11-23(25)26(19)31)21-8-6-7-9-22(21)24(30)17-35(32,33)27(2,3)4/h6-13,15,19,26,31H,5,14,16-17H2,1-4H3/t19-,26+/m0/s1. The van der Waals surface area contributed by atoms with Gasteiger partial charge in [-0.2, -0.15) is 5.10 Å². The molecule has 4 rings (SSSR count). The Hall–Kier alpha value is -2.97. The Balaban J connectivity index is 1.60. The number of sulfone groups is 1. The molecule has 8 heteroatoms. The fourth-order valence-electron chi connectivity index (χ4n) is 4.32. The second-order valence-electron chi connectivity index (χ2n) is 9.95. The molecule has 1 N–H and O–H groups in total. The molecular weight excluding hydrogens is 464 g/mol. The maximum absolute atomic E-state index is 13.0. The van der Waals surface area contributed by atoms with Crippen molar-refractivity contribution < 1.29 is 23.1 Å². The molecule has 3 aromatic rings. The van der Waals surface area contributed by atoms with Crippen LogP contribution in [0.2, 0.25) is 0 Å². The second kappa shape index (κ2) is 9.59. The van der Waals surface area contributed by atoms with Crippen molar-refractivity contribution in [3.63, 3.8) is 0 Å². The number of benzene rings is 2. The third kappa shape index (κ3) is 5.04. The first-order valence-corrected chi connectivity index (χ1v) is 13.5. The number of aliphatic hydroxyl groups excluding tert-OH is 1. The smallest absolute Gasteiger partial charge is 0.178 e. The number of ketones is 1. The molecule has 0 saturated heterocycles. The lowest BCUT2D eigenvalue weighted by Gasteiger charge is -2.31. The monoisotopic (exact) mass is 496 g/mol. The Morgan fingerprint density at radius 3 is 2.63 bits per heavy atom. The van der Waals surface area contributed by atoms with Crippen molar-refractivity contribution in [2.45, 2.75) is 51.5 Å². The molecule has 0 aliphatic carbocycles. The van der Waals surface area contributed by atoms with Crippen LogP contribution in [0.25, 0.3) is 11.1 Å². The van der Waals surface area contributed by atoms with Crippen LogP contribution in [-0.4, -0.2) is 46.2 Å². The van der Waals surface area contributed by atoms with Crippen molar-refractivity contribution in [2.75, 3.05) is 12.4 Å². The van der Waals surface area contributed by atoms with Gasteiger partial charge in [-0.25, -0.2) is 8.42 Å². The van der Waals surface area contributed by atoms with Gasteiger partial charge in [0.05, 0.1) is 17.5 Å². The summed E-state index contributed by atoms with van der Waals surface area (Å²) in [6.07, 6.45) is 1.72. The number of fused-ring (bicyclic) bond motifs is 1. The summed E-state index contributed by atoms with van der Waals surface area (Å²) in [5, 5.41) is 15.4. The van der Waals surface area contributed by atoms with Crippen LogP contribution in [0.1, 0.15) is 55.4 Å². The number of aromatic nitrogens is 2. The molecule has 2 aromatic carbocycles. The Morgan fingerprint density at radius 2 is 1.91 bits per heavy atom. The van der Waals surface area contributed by atoms with Gasteiger partial charge in [0.15, 0.2) is 15.6 Å². The van der Waals surface area contributed by atoms with E-state index < -0.39 is 32.2 Å². The van der Waals surface area contributed by atoms with Gasteiger partial charge in [0.2, 0.25) is 0 Å². The molecule has 1 aromatic heterocycles. The third-order valence-electron chi connectivity index (χ3n) is 6.60. The van der Waals surface area contributed by atoms with Gasteiger partial charge in [0, 0.05) is 35.5 Å². The summed E-state index contributed by atoms with van der Waals surface area (Å²) in [5.74, 6) is -0.530. The van der Waals surface area contributed by atoms with Crippen molar-refractivity contribution in [3.8, 4) is 16.9 Å². The molecule has 0 amide bonds. The van der Waals surface area contributed by atoms with Crippen LogP contribution in [0, 0.1) is 5.92 Å². The first kappa shape index (κ1) is 25.1. The Labute approximate surface area is 206 Å². The van der Waals surface area contributed by atoms with Crippen molar-refractivity contribution in [2.24, 2.45) is 5.92 Å². The molecule has 0 radical (unpaired) electrons. The topological polar surface area (TPSA) is 98.5 Å². The lowest BCUT2D eigenvalue weighted by molar-refractivity contribution is 0.0498. The lowest BCUT2D eigenvalue weighted by atomic mass is 9.88. The van der Waals surface area contributed by atoms with E-state index in [9.17, 15) is 18.3 Å². The number of nitrogens with zero attached hydrogens (tertiary/aromatic N) is 2. The molecule has 1 aliphatic heterocycles. The highest BCUT2D eigenvalue weighted by Crippen LogP contribution is 2.40. The molecule has 0 bridgehead atoms. The summed E-state index contributed by atoms with van der Waals surface area (Å²) in [4.78, 5) is 13.0. The van der Waals surface area contributed by atoms with E-state index in [1.165, 1.54) is 0 Å². The largest absolute Gasteiger partial charge is 0.493 e. The van der Waals surface area contributed by atoms with E-state index in [0.29, 0.717) is 35.5 Å². The number of hydrogen-bond donors (Lipinski definition) is 1. The summed E-state index contributed by atoms with van der Waals surface area (Å²) >= 11 is 0. The van der Waals surface area contributed by atoms with Gasteiger partial charge >= 0.3 is 0 Å². The van der Waals surface area contributed by atoms with E-state index in [4.69, 9.17) is 4.74 Å². The number of hydrogen-bond acceptors (Lipinski definition) is 6. The fraction of sp³-hybridized carbons (Fsp3) is 0.407. The van der Waals surface area contributed by atoms with Crippen LogP contribution in [0.15, 0.2) is 54.7 Å². The number of Topliss-reactive ketones (excluding diaryl/α,β-unsaturated/α-hetero) is 1. The van der Waals surface area contributed by atoms with E-state index >= 15 is 0 Å². The van der Waals surface area contributed by atoms with Crippen LogP contribution in [0.4, 0.5) is 0 Å². The number of carbonyl (C=O) groups is 1. The first-order chi connectivity index (χ1) is 16.5. The average Bonchev–Trinajstić information content (AvgIpc) is 3.27. The van der Waals surface area contributed by atoms with Gasteiger partial charge in [-0.1, -0.05) is 36.4 Å². The average molecular weight is 497 g/mol. The molecule has 7 nitrogen and oxygen atoms in total. The highest BCUT2D eigenvalue weighted by Gasteiger charge is 2.33. The zero-order valence-electron chi connectivity index (χ0n) is 20.6. The van der Waals surface area contributed by atoms with E-state index in [1.807, 2.05) is 41.9 Å². The van der Waals surface area contributed by atoms with E-state index in [2.05, 4.69) is 5.10 Å². The van der Waals surface area contributed by atoms with Crippen LogP contribution in [0.3, 0.4) is 0 Å². The van der Waals surface area contributed by atoms with Crippen LogP contribution < -0.4 is 4.74 Å². The number of carbonyl (C=O) groups excluding carboxylic acids is 1. The molecule has 186 valence electrons. The number of ether oxygens (including phenoxy) is 1. The highest BCUT2D eigenvalue weighted by molar-refractivity contribution is 7.93. The molecule has 0 unspecified atom stereocenters. The Morgan fingerprint density at radius 1 is 1.17 bits per heavy atom. The maximum atomic E-state index is 13.0. The molecule has 1 aliphatic rings.